The Morgan fingerprint density at radius 3 is 2.92 bits per heavy atom. The molecule has 1 aliphatic heterocycles. The third-order valence-corrected chi connectivity index (χ3v) is 5.55. The summed E-state index contributed by atoms with van der Waals surface area (Å²) < 4.78 is 5.32. The van der Waals surface area contributed by atoms with E-state index in [-0.39, 0.29) is 12.5 Å². The molecule has 0 unspecified atom stereocenters. The molecule has 1 atom stereocenters. The number of thiazole rings is 1. The molecule has 1 saturated heterocycles. The summed E-state index contributed by atoms with van der Waals surface area (Å²) in [5.74, 6) is 0.0770. The Kier molecular flexibility index (Phi) is 3.50. The molecule has 0 radical (unpaired) electrons. The predicted molar refractivity (Wildman–Crippen MR) is 90.6 cm³/mol. The van der Waals surface area contributed by atoms with E-state index in [2.05, 4.69) is 10.3 Å². The maximum absolute atomic E-state index is 12.7. The molecule has 1 aliphatic rings. The lowest BCUT2D eigenvalue weighted by Crippen LogP contribution is -2.40. The Hall–Kier alpha value is -2.45. The highest BCUT2D eigenvalue weighted by atomic mass is 32.1. The number of urea groups is 1. The number of hydrogen-bond donors (Lipinski definition) is 1. The minimum absolute atomic E-state index is 0.140. The minimum Gasteiger partial charge on any atom is -0.466 e. The molecule has 0 aromatic carbocycles. The number of carbonyl (C=O) groups is 2. The fraction of sp³-hybridized carbons (Fsp3) is 0.188. The number of imide groups is 1. The van der Waals surface area contributed by atoms with Crippen molar-refractivity contribution in [2.75, 3.05) is 0 Å². The molecule has 0 spiro atoms. The largest absolute Gasteiger partial charge is 0.466 e. The van der Waals surface area contributed by atoms with Crippen LogP contribution in [-0.2, 0) is 16.9 Å². The van der Waals surface area contributed by atoms with E-state index in [1.54, 1.807) is 30.4 Å². The molecule has 122 valence electrons. The summed E-state index contributed by atoms with van der Waals surface area (Å²) in [5.41, 5.74) is 0.564. The number of rotatable bonds is 4. The minimum atomic E-state index is -1.17. The molecule has 0 aliphatic carbocycles. The first-order valence-corrected chi connectivity index (χ1v) is 9.05. The first-order valence-electron chi connectivity index (χ1n) is 7.23. The summed E-state index contributed by atoms with van der Waals surface area (Å²) in [7, 11) is 0. The van der Waals surface area contributed by atoms with Gasteiger partial charge in [0, 0.05) is 16.3 Å². The first-order chi connectivity index (χ1) is 11.6. The highest BCUT2D eigenvalue weighted by Gasteiger charge is 2.51. The predicted octanol–water partition coefficient (Wildman–Crippen LogP) is 3.43. The zero-order valence-corrected chi connectivity index (χ0v) is 14.3. The second-order valence-electron chi connectivity index (χ2n) is 5.58. The molecule has 4 rings (SSSR count). The number of nitrogens with zero attached hydrogens (tertiary/aromatic N) is 2. The molecule has 0 saturated carbocycles. The molecule has 1 fully saturated rings. The van der Waals surface area contributed by atoms with Crippen LogP contribution in [0.15, 0.2) is 45.0 Å². The third kappa shape index (κ3) is 2.35. The van der Waals surface area contributed by atoms with Crippen LogP contribution in [-0.4, -0.2) is 21.8 Å². The van der Waals surface area contributed by atoms with Gasteiger partial charge in [-0.2, -0.15) is 11.3 Å². The van der Waals surface area contributed by atoms with Crippen LogP contribution in [0.5, 0.6) is 0 Å². The molecule has 0 bridgehead atoms. The van der Waals surface area contributed by atoms with Crippen molar-refractivity contribution in [3.63, 3.8) is 0 Å². The van der Waals surface area contributed by atoms with Crippen molar-refractivity contribution in [1.82, 2.24) is 15.2 Å². The van der Waals surface area contributed by atoms with Gasteiger partial charge in [0.2, 0.25) is 0 Å². The standard InChI is InChI=1S/C16H13N3O3S2/c1-16(12-3-2-5-22-12)14(20)19(15(21)18-16)7-11-9-24-13(17-11)10-4-6-23-8-10/h2-6,8-9H,7H2,1H3,(H,18,21)/t16-/m1/s1. The summed E-state index contributed by atoms with van der Waals surface area (Å²) in [4.78, 5) is 30.7. The Balaban J connectivity index is 1.57. The third-order valence-electron chi connectivity index (χ3n) is 3.93. The highest BCUT2D eigenvalue weighted by molar-refractivity contribution is 7.14. The van der Waals surface area contributed by atoms with E-state index in [1.165, 1.54) is 22.5 Å². The molecule has 8 heteroatoms. The molecule has 24 heavy (non-hydrogen) atoms. The Bertz CT molecular complexity index is 886. The fourth-order valence-electron chi connectivity index (χ4n) is 2.63. The smallest absolute Gasteiger partial charge is 0.325 e. The number of amides is 3. The Morgan fingerprint density at radius 2 is 2.21 bits per heavy atom. The maximum atomic E-state index is 12.7. The number of aromatic nitrogens is 1. The van der Waals surface area contributed by atoms with Gasteiger partial charge < -0.3 is 9.73 Å². The van der Waals surface area contributed by atoms with Crippen LogP contribution in [0.1, 0.15) is 18.4 Å². The fourth-order valence-corrected chi connectivity index (χ4v) is 4.15. The van der Waals surface area contributed by atoms with Gasteiger partial charge in [0.1, 0.15) is 10.8 Å². The zero-order chi connectivity index (χ0) is 16.7. The van der Waals surface area contributed by atoms with Crippen molar-refractivity contribution in [2.45, 2.75) is 19.0 Å². The maximum Gasteiger partial charge on any atom is 0.325 e. The van der Waals surface area contributed by atoms with Crippen molar-refractivity contribution >= 4 is 34.6 Å². The van der Waals surface area contributed by atoms with Crippen LogP contribution in [0.3, 0.4) is 0 Å². The monoisotopic (exact) mass is 359 g/mol. The molecule has 3 aromatic heterocycles. The van der Waals surface area contributed by atoms with Gasteiger partial charge in [0.25, 0.3) is 5.91 Å². The Labute approximate surface area is 145 Å². The number of thiophene rings is 1. The molecule has 4 heterocycles. The van der Waals surface area contributed by atoms with Crippen LogP contribution in [0.2, 0.25) is 0 Å². The summed E-state index contributed by atoms with van der Waals surface area (Å²) in [6.45, 7) is 1.78. The lowest BCUT2D eigenvalue weighted by atomic mass is 9.99. The van der Waals surface area contributed by atoms with E-state index < -0.39 is 11.6 Å². The Morgan fingerprint density at radius 1 is 1.33 bits per heavy atom. The first kappa shape index (κ1) is 15.1. The van der Waals surface area contributed by atoms with Gasteiger partial charge in [-0.25, -0.2) is 9.78 Å². The van der Waals surface area contributed by atoms with E-state index in [9.17, 15) is 9.59 Å². The van der Waals surface area contributed by atoms with E-state index in [0.29, 0.717) is 11.5 Å². The van der Waals surface area contributed by atoms with Crippen molar-refractivity contribution in [2.24, 2.45) is 0 Å². The normalized spacial score (nSPS) is 20.6. The van der Waals surface area contributed by atoms with Gasteiger partial charge in [-0.1, -0.05) is 0 Å². The lowest BCUT2D eigenvalue weighted by Gasteiger charge is -2.18. The molecule has 6 nitrogen and oxygen atoms in total. The van der Waals surface area contributed by atoms with Crippen LogP contribution < -0.4 is 5.32 Å². The topological polar surface area (TPSA) is 75.4 Å². The highest BCUT2D eigenvalue weighted by Crippen LogP contribution is 2.31. The van der Waals surface area contributed by atoms with Crippen LogP contribution >= 0.6 is 22.7 Å². The molecular weight excluding hydrogens is 346 g/mol. The van der Waals surface area contributed by atoms with Crippen molar-refractivity contribution in [1.29, 1.82) is 0 Å². The zero-order valence-electron chi connectivity index (χ0n) is 12.7. The summed E-state index contributed by atoms with van der Waals surface area (Å²) in [6, 6.07) is 4.92. The second-order valence-corrected chi connectivity index (χ2v) is 7.22. The van der Waals surface area contributed by atoms with Crippen molar-refractivity contribution in [3.8, 4) is 10.6 Å². The average Bonchev–Trinajstić information content (AvgIpc) is 3.34. The number of carbonyl (C=O) groups excluding carboxylic acids is 2. The van der Waals surface area contributed by atoms with Crippen LogP contribution in [0.4, 0.5) is 4.79 Å². The van der Waals surface area contributed by atoms with Crippen molar-refractivity contribution in [3.05, 3.63) is 52.1 Å². The number of hydrogen-bond acceptors (Lipinski definition) is 6. The van der Waals surface area contributed by atoms with E-state index in [1.807, 2.05) is 22.2 Å². The van der Waals surface area contributed by atoms with Gasteiger partial charge in [-0.05, 0) is 30.5 Å². The summed E-state index contributed by atoms with van der Waals surface area (Å²) in [5, 5.41) is 9.47. The lowest BCUT2D eigenvalue weighted by molar-refractivity contribution is -0.132. The van der Waals surface area contributed by atoms with Gasteiger partial charge in [0.15, 0.2) is 5.54 Å². The molecule has 3 aromatic rings. The van der Waals surface area contributed by atoms with Gasteiger partial charge in [-0.3, -0.25) is 9.69 Å². The van der Waals surface area contributed by atoms with E-state index >= 15 is 0 Å². The van der Waals surface area contributed by atoms with E-state index in [4.69, 9.17) is 4.42 Å². The SMILES string of the molecule is C[C@]1(c2ccco2)NC(=O)N(Cc2csc(-c3ccsc3)n2)C1=O. The summed E-state index contributed by atoms with van der Waals surface area (Å²) >= 11 is 3.10. The average molecular weight is 359 g/mol. The van der Waals surface area contributed by atoms with Gasteiger partial charge >= 0.3 is 6.03 Å². The van der Waals surface area contributed by atoms with Gasteiger partial charge in [-0.15, -0.1) is 11.3 Å². The van der Waals surface area contributed by atoms with Crippen molar-refractivity contribution < 1.29 is 14.0 Å². The van der Waals surface area contributed by atoms with E-state index in [0.717, 1.165) is 10.6 Å². The number of furan rings is 1. The summed E-state index contributed by atoms with van der Waals surface area (Å²) in [6.07, 6.45) is 1.48. The number of nitrogens with one attached hydrogen (secondary N) is 1. The second kappa shape index (κ2) is 5.57. The molecule has 3 amide bonds. The molecule has 1 N–H and O–H groups in total. The van der Waals surface area contributed by atoms with Crippen LogP contribution in [0.25, 0.3) is 10.6 Å². The quantitative estimate of drug-likeness (QED) is 0.724. The van der Waals surface area contributed by atoms with Gasteiger partial charge in [0.05, 0.1) is 18.5 Å². The van der Waals surface area contributed by atoms with Crippen LogP contribution in [0, 0.1) is 0 Å². The molecular formula is C16H13N3O3S2.